The lowest BCUT2D eigenvalue weighted by molar-refractivity contribution is 0.314. The lowest BCUT2D eigenvalue weighted by atomic mass is 10.0. The summed E-state index contributed by atoms with van der Waals surface area (Å²) in [6.45, 7) is 5.22. The largest absolute Gasteiger partial charge is 0.493 e. The molecule has 0 fully saturated rings. The Labute approximate surface area is 130 Å². The van der Waals surface area contributed by atoms with E-state index in [0.717, 1.165) is 11.4 Å². The summed E-state index contributed by atoms with van der Waals surface area (Å²) in [7, 11) is 0. The topological polar surface area (TPSA) is 81.0 Å². The predicted molar refractivity (Wildman–Crippen MR) is 87.3 cm³/mol. The normalized spacial score (nSPS) is 10.9. The number of nitrogens with one attached hydrogen (secondary N) is 1. The van der Waals surface area contributed by atoms with Gasteiger partial charge in [-0.05, 0) is 24.1 Å². The number of nitrogens with zero attached hydrogens (tertiary/aromatic N) is 1. The van der Waals surface area contributed by atoms with E-state index < -0.39 is 0 Å². The van der Waals surface area contributed by atoms with Crippen LogP contribution in [0.1, 0.15) is 36.8 Å². The molecule has 5 nitrogen and oxygen atoms in total. The van der Waals surface area contributed by atoms with Crippen LogP contribution in [0.4, 0.5) is 0 Å². The monoisotopic (exact) mass is 301 g/mol. The molecule has 1 aromatic heterocycles. The van der Waals surface area contributed by atoms with Gasteiger partial charge in [-0.1, -0.05) is 32.0 Å². The van der Waals surface area contributed by atoms with Crippen LogP contribution in [0.5, 0.6) is 5.75 Å². The third-order valence-corrected chi connectivity index (χ3v) is 3.38. The first-order valence-electron chi connectivity index (χ1n) is 7.61. The highest BCUT2D eigenvalue weighted by molar-refractivity contribution is 5.35. The van der Waals surface area contributed by atoms with Crippen molar-refractivity contribution in [1.29, 1.82) is 0 Å². The van der Waals surface area contributed by atoms with Crippen molar-refractivity contribution in [2.75, 3.05) is 13.2 Å². The van der Waals surface area contributed by atoms with Gasteiger partial charge in [0.2, 0.25) is 0 Å². The minimum absolute atomic E-state index is 0.143. The standard InChI is InChI=1S/C17H23N3O2/c1-12(2)14-5-3-4-6-15(14)22-10-8-16-19-13(7-9-18)11-17(21)20-16/h3-6,11-12H,7-10,18H2,1-2H3,(H,19,20,21). The Morgan fingerprint density at radius 1 is 1.27 bits per heavy atom. The van der Waals surface area contributed by atoms with Gasteiger partial charge in [-0.3, -0.25) is 4.79 Å². The van der Waals surface area contributed by atoms with Crippen molar-refractivity contribution in [1.82, 2.24) is 9.97 Å². The Hall–Kier alpha value is -2.14. The number of H-pyrrole nitrogens is 1. The number of aromatic nitrogens is 2. The zero-order valence-corrected chi connectivity index (χ0v) is 13.1. The average Bonchev–Trinajstić information content (AvgIpc) is 2.47. The molecule has 22 heavy (non-hydrogen) atoms. The highest BCUT2D eigenvalue weighted by Gasteiger charge is 2.07. The van der Waals surface area contributed by atoms with Gasteiger partial charge in [0.1, 0.15) is 11.6 Å². The van der Waals surface area contributed by atoms with Crippen LogP contribution in [0.2, 0.25) is 0 Å². The zero-order chi connectivity index (χ0) is 15.9. The number of hydrogen-bond donors (Lipinski definition) is 2. The summed E-state index contributed by atoms with van der Waals surface area (Å²) in [6.07, 6.45) is 1.16. The molecule has 0 aliphatic carbocycles. The average molecular weight is 301 g/mol. The Kier molecular flexibility index (Phi) is 5.72. The van der Waals surface area contributed by atoms with Gasteiger partial charge in [-0.25, -0.2) is 4.98 Å². The number of nitrogens with two attached hydrogens (primary N) is 1. The van der Waals surface area contributed by atoms with Crippen molar-refractivity contribution in [3.05, 3.63) is 57.8 Å². The molecule has 0 spiro atoms. The zero-order valence-electron chi connectivity index (χ0n) is 13.1. The molecule has 0 saturated heterocycles. The highest BCUT2D eigenvalue weighted by atomic mass is 16.5. The minimum atomic E-state index is -0.143. The molecule has 118 valence electrons. The molecule has 2 aromatic rings. The van der Waals surface area contributed by atoms with Crippen LogP contribution in [0.25, 0.3) is 0 Å². The maximum atomic E-state index is 11.6. The summed E-state index contributed by atoms with van der Waals surface area (Å²) in [6, 6.07) is 9.50. The number of para-hydroxylation sites is 1. The van der Waals surface area contributed by atoms with Gasteiger partial charge >= 0.3 is 0 Å². The molecule has 0 unspecified atom stereocenters. The van der Waals surface area contributed by atoms with Crippen molar-refractivity contribution in [3.8, 4) is 5.75 Å². The minimum Gasteiger partial charge on any atom is -0.493 e. The Morgan fingerprint density at radius 2 is 2.05 bits per heavy atom. The molecule has 0 atom stereocenters. The van der Waals surface area contributed by atoms with Gasteiger partial charge in [0, 0.05) is 24.6 Å². The number of rotatable bonds is 7. The van der Waals surface area contributed by atoms with E-state index in [1.807, 2.05) is 18.2 Å². The van der Waals surface area contributed by atoms with Gasteiger partial charge in [-0.2, -0.15) is 0 Å². The summed E-state index contributed by atoms with van der Waals surface area (Å²) >= 11 is 0. The maximum Gasteiger partial charge on any atom is 0.251 e. The molecule has 1 aromatic carbocycles. The van der Waals surface area contributed by atoms with Crippen LogP contribution < -0.4 is 16.0 Å². The second-order valence-corrected chi connectivity index (χ2v) is 5.51. The van der Waals surface area contributed by atoms with E-state index in [1.54, 1.807) is 0 Å². The lowest BCUT2D eigenvalue weighted by Crippen LogP contribution is -2.17. The number of ether oxygens (including phenoxy) is 1. The number of aromatic amines is 1. The van der Waals surface area contributed by atoms with E-state index in [1.165, 1.54) is 11.6 Å². The van der Waals surface area contributed by atoms with Crippen molar-refractivity contribution < 1.29 is 4.74 Å². The molecule has 0 bridgehead atoms. The summed E-state index contributed by atoms with van der Waals surface area (Å²) in [5.74, 6) is 1.93. The first-order chi connectivity index (χ1) is 10.6. The molecule has 1 heterocycles. The summed E-state index contributed by atoms with van der Waals surface area (Å²) in [4.78, 5) is 18.7. The van der Waals surface area contributed by atoms with Crippen LogP contribution >= 0.6 is 0 Å². The van der Waals surface area contributed by atoms with E-state index in [9.17, 15) is 4.79 Å². The molecule has 0 saturated carbocycles. The molecule has 0 aliphatic rings. The Balaban J connectivity index is 2.01. The third-order valence-electron chi connectivity index (χ3n) is 3.38. The first-order valence-corrected chi connectivity index (χ1v) is 7.61. The molecule has 5 heteroatoms. The smallest absolute Gasteiger partial charge is 0.251 e. The van der Waals surface area contributed by atoms with Crippen LogP contribution in [-0.2, 0) is 12.8 Å². The van der Waals surface area contributed by atoms with Crippen molar-refractivity contribution >= 4 is 0 Å². The second-order valence-electron chi connectivity index (χ2n) is 5.51. The fourth-order valence-electron chi connectivity index (χ4n) is 2.30. The summed E-state index contributed by atoms with van der Waals surface area (Å²) in [5.41, 5.74) is 7.27. The third kappa shape index (κ3) is 4.43. The van der Waals surface area contributed by atoms with E-state index in [-0.39, 0.29) is 5.56 Å². The fourth-order valence-corrected chi connectivity index (χ4v) is 2.30. The molecule has 0 aliphatic heterocycles. The Bertz CT molecular complexity index is 665. The van der Waals surface area contributed by atoms with E-state index in [4.69, 9.17) is 10.5 Å². The number of hydrogen-bond acceptors (Lipinski definition) is 4. The van der Waals surface area contributed by atoms with Crippen LogP contribution in [-0.4, -0.2) is 23.1 Å². The predicted octanol–water partition coefficient (Wildman–Crippen LogP) is 2.02. The van der Waals surface area contributed by atoms with Crippen molar-refractivity contribution in [2.24, 2.45) is 5.73 Å². The molecule has 2 rings (SSSR count). The van der Waals surface area contributed by atoms with Crippen LogP contribution in [0.3, 0.4) is 0 Å². The van der Waals surface area contributed by atoms with E-state index >= 15 is 0 Å². The van der Waals surface area contributed by atoms with Gasteiger partial charge in [-0.15, -0.1) is 0 Å². The van der Waals surface area contributed by atoms with E-state index in [0.29, 0.717) is 37.7 Å². The first kappa shape index (κ1) is 16.2. The van der Waals surface area contributed by atoms with E-state index in [2.05, 4.69) is 29.9 Å². The van der Waals surface area contributed by atoms with Crippen molar-refractivity contribution in [3.63, 3.8) is 0 Å². The maximum absolute atomic E-state index is 11.6. The molecular weight excluding hydrogens is 278 g/mol. The van der Waals surface area contributed by atoms with Crippen LogP contribution in [0, 0.1) is 0 Å². The van der Waals surface area contributed by atoms with Crippen molar-refractivity contribution in [2.45, 2.75) is 32.6 Å². The quantitative estimate of drug-likeness (QED) is 0.820. The van der Waals surface area contributed by atoms with Gasteiger partial charge < -0.3 is 15.5 Å². The molecular formula is C17H23N3O2. The van der Waals surface area contributed by atoms with Gasteiger partial charge in [0.25, 0.3) is 5.56 Å². The van der Waals surface area contributed by atoms with Gasteiger partial charge in [0.05, 0.1) is 6.61 Å². The number of benzene rings is 1. The molecule has 0 radical (unpaired) electrons. The van der Waals surface area contributed by atoms with Crippen LogP contribution in [0.15, 0.2) is 35.1 Å². The lowest BCUT2D eigenvalue weighted by Gasteiger charge is -2.13. The summed E-state index contributed by atoms with van der Waals surface area (Å²) < 4.78 is 5.86. The second kappa shape index (κ2) is 7.75. The SMILES string of the molecule is CC(C)c1ccccc1OCCc1nc(CCN)cc(=O)[nH]1. The fraction of sp³-hybridized carbons (Fsp3) is 0.412. The molecule has 3 N–H and O–H groups in total. The summed E-state index contributed by atoms with van der Waals surface area (Å²) in [5, 5.41) is 0. The Morgan fingerprint density at radius 3 is 2.77 bits per heavy atom. The highest BCUT2D eigenvalue weighted by Crippen LogP contribution is 2.25. The van der Waals surface area contributed by atoms with Gasteiger partial charge in [0.15, 0.2) is 0 Å². The molecule has 0 amide bonds.